The van der Waals surface area contributed by atoms with Crippen LogP contribution in [0.15, 0.2) is 0 Å². The molecule has 0 rings (SSSR count). The zero-order valence-corrected chi connectivity index (χ0v) is 9.87. The van der Waals surface area contributed by atoms with Gasteiger partial charge in [-0.3, -0.25) is 0 Å². The Morgan fingerprint density at radius 2 is 1.79 bits per heavy atom. The normalized spacial score (nSPS) is 14.0. The molecule has 0 aromatic rings. The standard InChI is InChI=1S/C10H21NO3/c1-7(2)8(10(3,4)13)14-9(12)11(5)6/h7-8,13H,1-6H3/t8-/m0/s1. The third-order valence-corrected chi connectivity index (χ3v) is 1.89. The molecule has 0 fully saturated rings. The number of aliphatic hydroxyl groups is 1. The van der Waals surface area contributed by atoms with E-state index in [9.17, 15) is 9.90 Å². The molecule has 0 heterocycles. The molecule has 1 atom stereocenters. The minimum Gasteiger partial charge on any atom is -0.443 e. The molecule has 84 valence electrons. The Morgan fingerprint density at radius 1 is 1.36 bits per heavy atom. The van der Waals surface area contributed by atoms with Crippen LogP contribution in [-0.4, -0.2) is 41.9 Å². The maximum atomic E-state index is 11.3. The smallest absolute Gasteiger partial charge is 0.409 e. The van der Waals surface area contributed by atoms with Gasteiger partial charge in [0.2, 0.25) is 0 Å². The summed E-state index contributed by atoms with van der Waals surface area (Å²) >= 11 is 0. The van der Waals surface area contributed by atoms with Gasteiger partial charge in [-0.1, -0.05) is 13.8 Å². The third kappa shape index (κ3) is 3.96. The number of amides is 1. The first-order chi connectivity index (χ1) is 6.16. The summed E-state index contributed by atoms with van der Waals surface area (Å²) < 4.78 is 5.17. The number of hydrogen-bond acceptors (Lipinski definition) is 3. The van der Waals surface area contributed by atoms with Gasteiger partial charge in [0.1, 0.15) is 6.10 Å². The number of rotatable bonds is 3. The molecule has 0 unspecified atom stereocenters. The zero-order chi connectivity index (χ0) is 11.5. The van der Waals surface area contributed by atoms with E-state index in [4.69, 9.17) is 4.74 Å². The number of nitrogens with zero attached hydrogens (tertiary/aromatic N) is 1. The predicted octanol–water partition coefficient (Wildman–Crippen LogP) is 1.48. The topological polar surface area (TPSA) is 49.8 Å². The fourth-order valence-electron chi connectivity index (χ4n) is 1.31. The van der Waals surface area contributed by atoms with Gasteiger partial charge in [-0.2, -0.15) is 0 Å². The van der Waals surface area contributed by atoms with Crippen molar-refractivity contribution in [3.05, 3.63) is 0 Å². The molecule has 0 saturated carbocycles. The lowest BCUT2D eigenvalue weighted by Crippen LogP contribution is -2.45. The highest BCUT2D eigenvalue weighted by atomic mass is 16.6. The molecule has 4 heteroatoms. The predicted molar refractivity (Wildman–Crippen MR) is 55.1 cm³/mol. The van der Waals surface area contributed by atoms with Crippen molar-refractivity contribution in [1.82, 2.24) is 4.90 Å². The Kier molecular flexibility index (Phi) is 4.39. The summed E-state index contributed by atoms with van der Waals surface area (Å²) in [5.74, 6) is 0.0823. The fraction of sp³-hybridized carbons (Fsp3) is 0.900. The maximum Gasteiger partial charge on any atom is 0.409 e. The van der Waals surface area contributed by atoms with Gasteiger partial charge in [0, 0.05) is 14.1 Å². The van der Waals surface area contributed by atoms with Gasteiger partial charge in [0.15, 0.2) is 0 Å². The van der Waals surface area contributed by atoms with Gasteiger partial charge >= 0.3 is 6.09 Å². The molecule has 14 heavy (non-hydrogen) atoms. The summed E-state index contributed by atoms with van der Waals surface area (Å²) in [7, 11) is 3.23. The molecule has 0 aliphatic rings. The van der Waals surface area contributed by atoms with Crippen LogP contribution in [0.25, 0.3) is 0 Å². The number of carbonyl (C=O) groups excluding carboxylic acids is 1. The van der Waals surface area contributed by atoms with Crippen LogP contribution in [0.4, 0.5) is 4.79 Å². The zero-order valence-electron chi connectivity index (χ0n) is 9.87. The van der Waals surface area contributed by atoms with Crippen molar-refractivity contribution >= 4 is 6.09 Å². The molecular formula is C10H21NO3. The second kappa shape index (κ2) is 4.64. The number of carbonyl (C=O) groups is 1. The Balaban J connectivity index is 4.48. The van der Waals surface area contributed by atoms with Gasteiger partial charge in [0.05, 0.1) is 5.60 Å². The lowest BCUT2D eigenvalue weighted by Gasteiger charge is -2.32. The van der Waals surface area contributed by atoms with Crippen LogP contribution < -0.4 is 0 Å². The summed E-state index contributed by atoms with van der Waals surface area (Å²) in [6.45, 7) is 7.10. The Morgan fingerprint density at radius 3 is 2.00 bits per heavy atom. The summed E-state index contributed by atoms with van der Waals surface area (Å²) in [5, 5.41) is 9.78. The van der Waals surface area contributed by atoms with Gasteiger partial charge in [-0.25, -0.2) is 4.79 Å². The van der Waals surface area contributed by atoms with E-state index in [1.165, 1.54) is 4.90 Å². The minimum atomic E-state index is -1.01. The second-order valence-electron chi connectivity index (χ2n) is 4.60. The van der Waals surface area contributed by atoms with Crippen LogP contribution in [0.3, 0.4) is 0 Å². The molecule has 0 aromatic carbocycles. The van der Waals surface area contributed by atoms with Crippen LogP contribution in [-0.2, 0) is 4.74 Å². The molecule has 0 saturated heterocycles. The summed E-state index contributed by atoms with van der Waals surface area (Å²) in [6.07, 6.45) is -0.914. The highest BCUT2D eigenvalue weighted by Crippen LogP contribution is 2.20. The molecule has 1 amide bonds. The highest BCUT2D eigenvalue weighted by Gasteiger charge is 2.33. The van der Waals surface area contributed by atoms with Gasteiger partial charge in [-0.15, -0.1) is 0 Å². The number of ether oxygens (including phenoxy) is 1. The van der Waals surface area contributed by atoms with Crippen molar-refractivity contribution < 1.29 is 14.6 Å². The van der Waals surface area contributed by atoms with Crippen LogP contribution >= 0.6 is 0 Å². The van der Waals surface area contributed by atoms with E-state index in [0.29, 0.717) is 0 Å². The summed E-state index contributed by atoms with van der Waals surface area (Å²) in [6, 6.07) is 0. The molecule has 0 aromatic heterocycles. The highest BCUT2D eigenvalue weighted by molar-refractivity contribution is 5.67. The summed E-state index contributed by atoms with van der Waals surface area (Å²) in [4.78, 5) is 12.6. The van der Waals surface area contributed by atoms with Crippen molar-refractivity contribution in [2.75, 3.05) is 14.1 Å². The molecule has 4 nitrogen and oxygen atoms in total. The molecule has 0 aliphatic carbocycles. The minimum absolute atomic E-state index is 0.0823. The molecule has 0 aliphatic heterocycles. The van der Waals surface area contributed by atoms with Gasteiger partial charge < -0.3 is 14.7 Å². The monoisotopic (exact) mass is 203 g/mol. The molecule has 0 spiro atoms. The summed E-state index contributed by atoms with van der Waals surface area (Å²) in [5.41, 5.74) is -1.01. The lowest BCUT2D eigenvalue weighted by atomic mass is 9.92. The third-order valence-electron chi connectivity index (χ3n) is 1.89. The quantitative estimate of drug-likeness (QED) is 0.756. The van der Waals surface area contributed by atoms with Crippen LogP contribution in [0, 0.1) is 5.92 Å². The average Bonchev–Trinajstić information content (AvgIpc) is 1.96. The van der Waals surface area contributed by atoms with Crippen molar-refractivity contribution in [3.8, 4) is 0 Å². The van der Waals surface area contributed by atoms with Crippen LogP contribution in [0.2, 0.25) is 0 Å². The van der Waals surface area contributed by atoms with Crippen molar-refractivity contribution in [2.24, 2.45) is 5.92 Å². The van der Waals surface area contributed by atoms with Crippen molar-refractivity contribution in [1.29, 1.82) is 0 Å². The van der Waals surface area contributed by atoms with Crippen molar-refractivity contribution in [2.45, 2.75) is 39.4 Å². The van der Waals surface area contributed by atoms with Crippen molar-refractivity contribution in [3.63, 3.8) is 0 Å². The van der Waals surface area contributed by atoms with E-state index in [1.807, 2.05) is 13.8 Å². The van der Waals surface area contributed by atoms with E-state index in [2.05, 4.69) is 0 Å². The second-order valence-corrected chi connectivity index (χ2v) is 4.60. The van der Waals surface area contributed by atoms with Crippen LogP contribution in [0.1, 0.15) is 27.7 Å². The largest absolute Gasteiger partial charge is 0.443 e. The Bertz CT molecular complexity index is 194. The Labute approximate surface area is 85.9 Å². The van der Waals surface area contributed by atoms with E-state index >= 15 is 0 Å². The van der Waals surface area contributed by atoms with E-state index < -0.39 is 17.8 Å². The van der Waals surface area contributed by atoms with E-state index in [-0.39, 0.29) is 5.92 Å². The maximum absolute atomic E-state index is 11.3. The molecular weight excluding hydrogens is 182 g/mol. The van der Waals surface area contributed by atoms with Gasteiger partial charge in [0.25, 0.3) is 0 Å². The Hall–Kier alpha value is -0.770. The first-order valence-electron chi connectivity index (χ1n) is 4.76. The van der Waals surface area contributed by atoms with Crippen LogP contribution in [0.5, 0.6) is 0 Å². The van der Waals surface area contributed by atoms with Gasteiger partial charge in [-0.05, 0) is 19.8 Å². The lowest BCUT2D eigenvalue weighted by molar-refractivity contribution is -0.0811. The first kappa shape index (κ1) is 13.2. The fourth-order valence-corrected chi connectivity index (χ4v) is 1.31. The number of hydrogen-bond donors (Lipinski definition) is 1. The first-order valence-corrected chi connectivity index (χ1v) is 4.76. The average molecular weight is 203 g/mol. The molecule has 0 radical (unpaired) electrons. The van der Waals surface area contributed by atoms with E-state index in [1.54, 1.807) is 27.9 Å². The SMILES string of the molecule is CC(C)[C@H](OC(=O)N(C)C)C(C)(C)O. The van der Waals surface area contributed by atoms with E-state index in [0.717, 1.165) is 0 Å². The molecule has 1 N–H and O–H groups in total. The molecule has 0 bridgehead atoms.